The van der Waals surface area contributed by atoms with Crippen LogP contribution >= 0.6 is 28.3 Å². The molecular formula is C14H19BrClF2NO. The van der Waals surface area contributed by atoms with Gasteiger partial charge in [-0.3, -0.25) is 4.90 Å². The summed E-state index contributed by atoms with van der Waals surface area (Å²) in [6.07, 6.45) is -0.225. The Morgan fingerprint density at radius 1 is 1.40 bits per heavy atom. The Morgan fingerprint density at radius 2 is 2.20 bits per heavy atom. The normalized spacial score (nSPS) is 19.7. The molecule has 0 radical (unpaired) electrons. The summed E-state index contributed by atoms with van der Waals surface area (Å²) in [6.45, 7) is 1.96. The topological polar surface area (TPSA) is 12.5 Å². The van der Waals surface area contributed by atoms with Gasteiger partial charge in [-0.2, -0.15) is 0 Å². The summed E-state index contributed by atoms with van der Waals surface area (Å²) in [5.41, 5.74) is 0. The molecule has 1 fully saturated rings. The molecule has 0 N–H and O–H groups in total. The van der Waals surface area contributed by atoms with Gasteiger partial charge in [-0.25, -0.2) is 8.78 Å². The number of hydrogen-bond donors (Lipinski definition) is 0. The van der Waals surface area contributed by atoms with Gasteiger partial charge in [0.15, 0.2) is 0 Å². The number of likely N-dealkylation sites (tertiary alicyclic amines) is 1. The Labute approximate surface area is 133 Å². The van der Waals surface area contributed by atoms with Gasteiger partial charge in [0.25, 0.3) is 6.43 Å². The molecule has 2 rings (SSSR count). The van der Waals surface area contributed by atoms with Crippen LogP contribution in [0.15, 0.2) is 28.7 Å². The van der Waals surface area contributed by atoms with Crippen LogP contribution in [0.1, 0.15) is 12.8 Å². The molecule has 1 aliphatic heterocycles. The molecular weight excluding hydrogens is 352 g/mol. The number of benzene rings is 1. The van der Waals surface area contributed by atoms with Crippen molar-refractivity contribution in [3.8, 4) is 5.75 Å². The van der Waals surface area contributed by atoms with Gasteiger partial charge < -0.3 is 4.74 Å². The molecule has 1 unspecified atom stereocenters. The first-order valence-electron chi connectivity index (χ1n) is 6.52. The minimum absolute atomic E-state index is 0. The van der Waals surface area contributed by atoms with E-state index in [0.717, 1.165) is 29.6 Å². The Balaban J connectivity index is 0.00000200. The lowest BCUT2D eigenvalue weighted by Gasteiger charge is -2.32. The van der Waals surface area contributed by atoms with Crippen LogP contribution in [0.4, 0.5) is 8.78 Å². The van der Waals surface area contributed by atoms with Crippen LogP contribution in [0.3, 0.4) is 0 Å². The van der Waals surface area contributed by atoms with Crippen molar-refractivity contribution in [2.45, 2.75) is 19.3 Å². The van der Waals surface area contributed by atoms with Gasteiger partial charge in [-0.15, -0.1) is 12.4 Å². The Kier molecular flexibility index (Phi) is 7.77. The third kappa shape index (κ3) is 5.94. The van der Waals surface area contributed by atoms with Crippen molar-refractivity contribution in [2.75, 3.05) is 26.2 Å². The SMILES string of the molecule is Cl.FC(F)CN1CCCC(COc2cccc(Br)c2)C1. The number of nitrogens with zero attached hydrogens (tertiary/aromatic N) is 1. The maximum Gasteiger partial charge on any atom is 0.251 e. The second kappa shape index (κ2) is 8.80. The van der Waals surface area contributed by atoms with Gasteiger partial charge in [0, 0.05) is 16.9 Å². The minimum atomic E-state index is -2.25. The molecule has 0 bridgehead atoms. The van der Waals surface area contributed by atoms with Crippen LogP contribution in [-0.2, 0) is 0 Å². The van der Waals surface area contributed by atoms with Gasteiger partial charge in [-0.05, 0) is 37.6 Å². The van der Waals surface area contributed by atoms with E-state index in [9.17, 15) is 8.78 Å². The zero-order chi connectivity index (χ0) is 13.7. The average molecular weight is 371 g/mol. The molecule has 0 aromatic heterocycles. The van der Waals surface area contributed by atoms with Crippen LogP contribution in [0, 0.1) is 5.92 Å². The molecule has 0 spiro atoms. The molecule has 0 saturated carbocycles. The van der Waals surface area contributed by atoms with Gasteiger partial charge in [0.2, 0.25) is 0 Å². The van der Waals surface area contributed by atoms with Crippen molar-refractivity contribution in [1.29, 1.82) is 0 Å². The van der Waals surface area contributed by atoms with Crippen LogP contribution in [-0.4, -0.2) is 37.6 Å². The quantitative estimate of drug-likeness (QED) is 0.769. The van der Waals surface area contributed by atoms with Crippen LogP contribution in [0.2, 0.25) is 0 Å². The van der Waals surface area contributed by atoms with Crippen molar-refractivity contribution in [3.63, 3.8) is 0 Å². The van der Waals surface area contributed by atoms with E-state index in [1.54, 1.807) is 0 Å². The molecule has 0 aliphatic carbocycles. The summed E-state index contributed by atoms with van der Waals surface area (Å²) in [5.74, 6) is 1.16. The van der Waals surface area contributed by atoms with E-state index < -0.39 is 6.43 Å². The van der Waals surface area contributed by atoms with Gasteiger partial charge in [0.1, 0.15) is 5.75 Å². The highest BCUT2D eigenvalue weighted by atomic mass is 79.9. The highest BCUT2D eigenvalue weighted by molar-refractivity contribution is 9.10. The van der Waals surface area contributed by atoms with Crippen molar-refractivity contribution in [2.24, 2.45) is 5.92 Å². The molecule has 0 amide bonds. The molecule has 1 atom stereocenters. The summed E-state index contributed by atoms with van der Waals surface area (Å²) < 4.78 is 31.4. The second-order valence-corrected chi connectivity index (χ2v) is 5.84. The highest BCUT2D eigenvalue weighted by Gasteiger charge is 2.22. The van der Waals surface area contributed by atoms with E-state index in [0.29, 0.717) is 19.1 Å². The maximum absolute atomic E-state index is 12.4. The predicted molar refractivity (Wildman–Crippen MR) is 82.1 cm³/mol. The standard InChI is InChI=1S/C14H18BrF2NO.ClH/c15-12-4-1-5-13(7-12)19-10-11-3-2-6-18(8-11)9-14(16)17;/h1,4-5,7,11,14H,2-3,6,8-10H2;1H. The third-order valence-electron chi connectivity index (χ3n) is 3.28. The van der Waals surface area contributed by atoms with Crippen LogP contribution in [0.5, 0.6) is 5.75 Å². The third-order valence-corrected chi connectivity index (χ3v) is 3.77. The minimum Gasteiger partial charge on any atom is -0.493 e. The van der Waals surface area contributed by atoms with E-state index in [2.05, 4.69) is 15.9 Å². The van der Waals surface area contributed by atoms with Crippen LogP contribution in [0.25, 0.3) is 0 Å². The fourth-order valence-electron chi connectivity index (χ4n) is 2.42. The lowest BCUT2D eigenvalue weighted by atomic mass is 9.99. The molecule has 1 saturated heterocycles. The first-order valence-corrected chi connectivity index (χ1v) is 7.31. The summed E-state index contributed by atoms with van der Waals surface area (Å²) in [4.78, 5) is 1.84. The van der Waals surface area contributed by atoms with E-state index >= 15 is 0 Å². The van der Waals surface area contributed by atoms with Gasteiger partial charge in [0.05, 0.1) is 13.2 Å². The lowest BCUT2D eigenvalue weighted by molar-refractivity contribution is 0.0552. The first kappa shape index (κ1) is 17.7. The van der Waals surface area contributed by atoms with E-state index in [-0.39, 0.29) is 19.0 Å². The van der Waals surface area contributed by atoms with Gasteiger partial charge >= 0.3 is 0 Å². The number of alkyl halides is 2. The molecule has 1 aliphatic rings. The van der Waals surface area contributed by atoms with Crippen molar-refractivity contribution < 1.29 is 13.5 Å². The second-order valence-electron chi connectivity index (χ2n) is 4.93. The van der Waals surface area contributed by atoms with E-state index in [1.165, 1.54) is 0 Å². The fourth-order valence-corrected chi connectivity index (χ4v) is 2.80. The smallest absolute Gasteiger partial charge is 0.251 e. The summed E-state index contributed by atoms with van der Waals surface area (Å²) in [6, 6.07) is 7.69. The first-order chi connectivity index (χ1) is 9.13. The van der Waals surface area contributed by atoms with Crippen molar-refractivity contribution in [1.82, 2.24) is 4.90 Å². The van der Waals surface area contributed by atoms with Crippen molar-refractivity contribution >= 4 is 28.3 Å². The van der Waals surface area contributed by atoms with Gasteiger partial charge in [-0.1, -0.05) is 22.0 Å². The lowest BCUT2D eigenvalue weighted by Crippen LogP contribution is -2.40. The Hall–Kier alpha value is -0.390. The number of halogens is 4. The monoisotopic (exact) mass is 369 g/mol. The summed E-state index contributed by atoms with van der Waals surface area (Å²) in [7, 11) is 0. The average Bonchev–Trinajstić information content (AvgIpc) is 2.36. The zero-order valence-corrected chi connectivity index (χ0v) is 13.5. The largest absolute Gasteiger partial charge is 0.493 e. The number of rotatable bonds is 5. The number of ether oxygens (including phenoxy) is 1. The molecule has 114 valence electrons. The molecule has 1 aromatic rings. The van der Waals surface area contributed by atoms with Crippen LogP contribution < -0.4 is 4.74 Å². The summed E-state index contributed by atoms with van der Waals surface area (Å²) in [5, 5.41) is 0. The summed E-state index contributed by atoms with van der Waals surface area (Å²) >= 11 is 3.39. The van der Waals surface area contributed by atoms with Crippen molar-refractivity contribution in [3.05, 3.63) is 28.7 Å². The molecule has 1 heterocycles. The Morgan fingerprint density at radius 3 is 2.90 bits per heavy atom. The number of piperidine rings is 1. The Bertz CT molecular complexity index is 409. The number of hydrogen-bond acceptors (Lipinski definition) is 2. The fraction of sp³-hybridized carbons (Fsp3) is 0.571. The molecule has 1 aromatic carbocycles. The predicted octanol–water partition coefficient (Wildman–Crippen LogP) is 4.23. The zero-order valence-electron chi connectivity index (χ0n) is 11.1. The molecule has 2 nitrogen and oxygen atoms in total. The highest BCUT2D eigenvalue weighted by Crippen LogP contribution is 2.21. The molecule has 6 heteroatoms. The van der Waals surface area contributed by atoms with E-state index in [1.807, 2.05) is 29.2 Å². The van der Waals surface area contributed by atoms with E-state index in [4.69, 9.17) is 4.74 Å². The molecule has 20 heavy (non-hydrogen) atoms. The maximum atomic E-state index is 12.4.